The summed E-state index contributed by atoms with van der Waals surface area (Å²) < 4.78 is 0.752. The quantitative estimate of drug-likeness (QED) is 0.894. The summed E-state index contributed by atoms with van der Waals surface area (Å²) in [5, 5.41) is 3.10. The molecule has 1 heterocycles. The van der Waals surface area contributed by atoms with Crippen molar-refractivity contribution < 1.29 is 4.79 Å². The van der Waals surface area contributed by atoms with Crippen molar-refractivity contribution >= 4 is 28.8 Å². The summed E-state index contributed by atoms with van der Waals surface area (Å²) in [5.74, 6) is 0.103. The molecule has 1 saturated carbocycles. The van der Waals surface area contributed by atoms with E-state index in [0.717, 1.165) is 34.9 Å². The fourth-order valence-electron chi connectivity index (χ4n) is 2.73. The molecule has 1 fully saturated rings. The van der Waals surface area contributed by atoms with Gasteiger partial charge < -0.3 is 11.1 Å². The number of halogens is 1. The normalized spacial score (nSPS) is 19.9. The van der Waals surface area contributed by atoms with Crippen LogP contribution in [0.25, 0.3) is 0 Å². The minimum Gasteiger partial charge on any atom is -0.348 e. The van der Waals surface area contributed by atoms with Gasteiger partial charge in [0.25, 0.3) is 0 Å². The Morgan fingerprint density at radius 2 is 2.16 bits per heavy atom. The van der Waals surface area contributed by atoms with Gasteiger partial charge in [-0.15, -0.1) is 11.3 Å². The first-order valence-electron chi connectivity index (χ1n) is 6.84. The highest BCUT2D eigenvalue weighted by molar-refractivity contribution is 7.16. The number of amides is 1. The highest BCUT2D eigenvalue weighted by Gasteiger charge is 2.38. The van der Waals surface area contributed by atoms with Gasteiger partial charge in [-0.25, -0.2) is 0 Å². The average molecular weight is 301 g/mol. The first kappa shape index (κ1) is 14.8. The maximum atomic E-state index is 12.5. The monoisotopic (exact) mass is 300 g/mol. The lowest BCUT2D eigenvalue weighted by molar-refractivity contribution is -0.133. The minimum absolute atomic E-state index is 0.00430. The van der Waals surface area contributed by atoms with E-state index in [-0.39, 0.29) is 17.4 Å². The minimum atomic E-state index is -0.354. The molecule has 1 aliphatic carbocycles. The van der Waals surface area contributed by atoms with E-state index >= 15 is 0 Å². The molecule has 19 heavy (non-hydrogen) atoms. The van der Waals surface area contributed by atoms with E-state index in [1.807, 2.05) is 19.1 Å². The number of carbonyl (C=O) groups excluding carboxylic acids is 1. The molecule has 0 radical (unpaired) electrons. The van der Waals surface area contributed by atoms with Crippen molar-refractivity contribution in [3.8, 4) is 0 Å². The second kappa shape index (κ2) is 6.25. The van der Waals surface area contributed by atoms with Crippen molar-refractivity contribution in [3.05, 3.63) is 21.3 Å². The molecule has 0 bridgehead atoms. The van der Waals surface area contributed by atoms with E-state index in [9.17, 15) is 4.79 Å². The topological polar surface area (TPSA) is 55.1 Å². The lowest BCUT2D eigenvalue weighted by Gasteiger charge is -2.35. The summed E-state index contributed by atoms with van der Waals surface area (Å²) in [6, 6.07) is 3.83. The SMILES string of the molecule is CC(NC(=O)C1(CN)CCCCC1)c1ccc(Cl)s1. The summed E-state index contributed by atoms with van der Waals surface area (Å²) in [6.45, 7) is 2.43. The van der Waals surface area contributed by atoms with Gasteiger partial charge in [0.05, 0.1) is 15.8 Å². The molecule has 1 unspecified atom stereocenters. The molecule has 106 valence electrons. The molecule has 0 aromatic carbocycles. The van der Waals surface area contributed by atoms with Gasteiger partial charge in [-0.2, -0.15) is 0 Å². The number of hydrogen-bond acceptors (Lipinski definition) is 3. The van der Waals surface area contributed by atoms with Crippen LogP contribution in [0, 0.1) is 5.41 Å². The Morgan fingerprint density at radius 3 is 2.68 bits per heavy atom. The third-order valence-corrected chi connectivity index (χ3v) is 5.47. The second-order valence-electron chi connectivity index (χ2n) is 5.38. The zero-order chi connectivity index (χ0) is 13.9. The predicted octanol–water partition coefficient (Wildman–Crippen LogP) is 3.49. The molecule has 5 heteroatoms. The lowest BCUT2D eigenvalue weighted by Crippen LogP contribution is -2.47. The lowest BCUT2D eigenvalue weighted by atomic mass is 9.73. The van der Waals surface area contributed by atoms with E-state index in [2.05, 4.69) is 5.32 Å². The highest BCUT2D eigenvalue weighted by Crippen LogP contribution is 2.36. The Kier molecular flexibility index (Phi) is 4.87. The van der Waals surface area contributed by atoms with Crippen LogP contribution < -0.4 is 11.1 Å². The highest BCUT2D eigenvalue weighted by atomic mass is 35.5. The molecule has 0 saturated heterocycles. The zero-order valence-corrected chi connectivity index (χ0v) is 12.8. The van der Waals surface area contributed by atoms with Gasteiger partial charge in [0.2, 0.25) is 5.91 Å². The Hall–Kier alpha value is -0.580. The summed E-state index contributed by atoms with van der Waals surface area (Å²) >= 11 is 7.44. The molecule has 0 spiro atoms. The molecule has 1 amide bonds. The van der Waals surface area contributed by atoms with E-state index in [1.165, 1.54) is 17.8 Å². The van der Waals surface area contributed by atoms with E-state index in [4.69, 9.17) is 17.3 Å². The molecule has 1 aromatic heterocycles. The van der Waals surface area contributed by atoms with Gasteiger partial charge >= 0.3 is 0 Å². The maximum absolute atomic E-state index is 12.5. The van der Waals surface area contributed by atoms with Crippen molar-refractivity contribution in [3.63, 3.8) is 0 Å². The van der Waals surface area contributed by atoms with Gasteiger partial charge in [-0.05, 0) is 31.9 Å². The predicted molar refractivity (Wildman–Crippen MR) is 80.5 cm³/mol. The maximum Gasteiger partial charge on any atom is 0.227 e. The number of nitrogens with one attached hydrogen (secondary N) is 1. The van der Waals surface area contributed by atoms with Crippen LogP contribution in [0.2, 0.25) is 4.34 Å². The molecular formula is C14H21ClN2OS. The van der Waals surface area contributed by atoms with Crippen molar-refractivity contribution in [2.75, 3.05) is 6.54 Å². The Balaban J connectivity index is 2.03. The molecular weight excluding hydrogens is 280 g/mol. The van der Waals surface area contributed by atoms with Gasteiger partial charge in [-0.1, -0.05) is 30.9 Å². The molecule has 3 N–H and O–H groups in total. The van der Waals surface area contributed by atoms with Crippen LogP contribution in [0.4, 0.5) is 0 Å². The van der Waals surface area contributed by atoms with Crippen molar-refractivity contribution in [1.82, 2.24) is 5.32 Å². The number of thiophene rings is 1. The first-order chi connectivity index (χ1) is 9.07. The van der Waals surface area contributed by atoms with Gasteiger partial charge in [0.15, 0.2) is 0 Å². The van der Waals surface area contributed by atoms with Crippen LogP contribution in [0.3, 0.4) is 0 Å². The third kappa shape index (κ3) is 3.30. The van der Waals surface area contributed by atoms with E-state index in [1.54, 1.807) is 0 Å². The molecule has 1 atom stereocenters. The molecule has 3 nitrogen and oxygen atoms in total. The fourth-order valence-corrected chi connectivity index (χ4v) is 3.80. The Bertz CT molecular complexity index is 440. The average Bonchev–Trinajstić information content (AvgIpc) is 2.86. The summed E-state index contributed by atoms with van der Waals surface area (Å²) in [7, 11) is 0. The van der Waals surface area contributed by atoms with Crippen molar-refractivity contribution in [2.24, 2.45) is 11.1 Å². The third-order valence-electron chi connectivity index (χ3n) is 4.05. The van der Waals surface area contributed by atoms with Gasteiger partial charge in [0, 0.05) is 11.4 Å². The summed E-state index contributed by atoms with van der Waals surface area (Å²) in [6.07, 6.45) is 5.24. The molecule has 1 aliphatic rings. The van der Waals surface area contributed by atoms with Gasteiger partial charge in [0.1, 0.15) is 0 Å². The Morgan fingerprint density at radius 1 is 1.47 bits per heavy atom. The number of nitrogens with two attached hydrogens (primary N) is 1. The number of rotatable bonds is 4. The van der Waals surface area contributed by atoms with Crippen LogP contribution in [-0.4, -0.2) is 12.5 Å². The van der Waals surface area contributed by atoms with Crippen LogP contribution >= 0.6 is 22.9 Å². The standard InChI is InChI=1S/C14H21ClN2OS/c1-10(11-5-6-12(15)19-11)17-13(18)14(9-16)7-3-2-4-8-14/h5-6,10H,2-4,7-9,16H2,1H3,(H,17,18). The van der Waals surface area contributed by atoms with E-state index in [0.29, 0.717) is 6.54 Å². The first-order valence-corrected chi connectivity index (χ1v) is 8.03. The molecule has 2 rings (SSSR count). The van der Waals surface area contributed by atoms with Crippen LogP contribution in [0.5, 0.6) is 0 Å². The molecule has 0 aliphatic heterocycles. The van der Waals surface area contributed by atoms with Crippen molar-refractivity contribution in [2.45, 2.75) is 45.1 Å². The summed E-state index contributed by atoms with van der Waals surface area (Å²) in [5.41, 5.74) is 5.52. The number of hydrogen-bond donors (Lipinski definition) is 2. The van der Waals surface area contributed by atoms with Crippen LogP contribution in [-0.2, 0) is 4.79 Å². The Labute approximate surface area is 123 Å². The van der Waals surface area contributed by atoms with Crippen LogP contribution in [0.1, 0.15) is 49.9 Å². The van der Waals surface area contributed by atoms with Gasteiger partial charge in [-0.3, -0.25) is 4.79 Å². The van der Waals surface area contributed by atoms with Crippen molar-refractivity contribution in [1.29, 1.82) is 0 Å². The zero-order valence-electron chi connectivity index (χ0n) is 11.2. The molecule has 1 aromatic rings. The van der Waals surface area contributed by atoms with Crippen LogP contribution in [0.15, 0.2) is 12.1 Å². The summed E-state index contributed by atoms with van der Waals surface area (Å²) in [4.78, 5) is 13.6. The second-order valence-corrected chi connectivity index (χ2v) is 7.13. The number of carbonyl (C=O) groups is 1. The largest absolute Gasteiger partial charge is 0.348 e. The fraction of sp³-hybridized carbons (Fsp3) is 0.643. The van der Waals surface area contributed by atoms with E-state index < -0.39 is 0 Å². The smallest absolute Gasteiger partial charge is 0.227 e.